The minimum Gasteiger partial charge on any atom is -0.397 e. The van der Waals surface area contributed by atoms with Crippen LogP contribution in [0.4, 0.5) is 21.5 Å². The fourth-order valence-electron chi connectivity index (χ4n) is 1.59. The lowest BCUT2D eigenvalue weighted by molar-refractivity contribution is 0.631. The largest absolute Gasteiger partial charge is 0.397 e. The van der Waals surface area contributed by atoms with Gasteiger partial charge in [0, 0.05) is 0 Å². The first-order valence-electron chi connectivity index (χ1n) is 5.15. The third-order valence-electron chi connectivity index (χ3n) is 2.52. The van der Waals surface area contributed by atoms with Crippen molar-refractivity contribution in [3.05, 3.63) is 52.8 Å². The van der Waals surface area contributed by atoms with Gasteiger partial charge in [-0.3, -0.25) is 0 Å². The zero-order chi connectivity index (χ0) is 12.4. The van der Waals surface area contributed by atoms with Gasteiger partial charge in [0.15, 0.2) is 0 Å². The third-order valence-corrected chi connectivity index (χ3v) is 2.83. The molecule has 0 aliphatic rings. The summed E-state index contributed by atoms with van der Waals surface area (Å²) < 4.78 is 13.7. The van der Waals surface area contributed by atoms with Gasteiger partial charge in [0.05, 0.1) is 22.1 Å². The van der Waals surface area contributed by atoms with E-state index in [9.17, 15) is 4.39 Å². The number of para-hydroxylation sites is 2. The molecule has 2 aromatic carbocycles. The topological polar surface area (TPSA) is 38.0 Å². The highest BCUT2D eigenvalue weighted by atomic mass is 35.5. The average molecular weight is 251 g/mol. The zero-order valence-electron chi connectivity index (χ0n) is 9.30. The highest BCUT2D eigenvalue weighted by Gasteiger charge is 2.09. The van der Waals surface area contributed by atoms with Crippen molar-refractivity contribution >= 4 is 28.7 Å². The van der Waals surface area contributed by atoms with Crippen LogP contribution in [0.1, 0.15) is 5.56 Å². The molecular weight excluding hydrogens is 239 g/mol. The summed E-state index contributed by atoms with van der Waals surface area (Å²) in [5, 5.41) is 3.41. The summed E-state index contributed by atoms with van der Waals surface area (Å²) in [4.78, 5) is 0. The molecule has 0 saturated heterocycles. The van der Waals surface area contributed by atoms with Crippen LogP contribution < -0.4 is 11.1 Å². The fourth-order valence-corrected chi connectivity index (χ4v) is 1.82. The summed E-state index contributed by atoms with van der Waals surface area (Å²) in [6.07, 6.45) is 0. The summed E-state index contributed by atoms with van der Waals surface area (Å²) in [5.41, 5.74) is 8.01. The van der Waals surface area contributed by atoms with Gasteiger partial charge in [0.1, 0.15) is 5.82 Å². The molecule has 17 heavy (non-hydrogen) atoms. The number of hydrogen-bond acceptors (Lipinski definition) is 2. The molecule has 3 N–H and O–H groups in total. The van der Waals surface area contributed by atoms with Crippen molar-refractivity contribution in [2.45, 2.75) is 6.92 Å². The summed E-state index contributed by atoms with van der Waals surface area (Å²) >= 11 is 6.02. The number of benzene rings is 2. The van der Waals surface area contributed by atoms with Gasteiger partial charge in [-0.2, -0.15) is 0 Å². The number of nitrogens with one attached hydrogen (secondary N) is 1. The molecule has 0 atom stereocenters. The summed E-state index contributed by atoms with van der Waals surface area (Å²) in [5.74, 6) is -0.329. The van der Waals surface area contributed by atoms with Crippen LogP contribution in [-0.2, 0) is 0 Å². The molecule has 88 valence electrons. The van der Waals surface area contributed by atoms with E-state index in [4.69, 9.17) is 17.3 Å². The Morgan fingerprint density at radius 1 is 1.12 bits per heavy atom. The van der Waals surface area contributed by atoms with E-state index in [-0.39, 0.29) is 5.82 Å². The maximum absolute atomic E-state index is 13.7. The molecular formula is C13H12ClFN2. The number of rotatable bonds is 2. The molecule has 0 spiro atoms. The Balaban J connectivity index is 2.45. The normalized spacial score (nSPS) is 10.3. The van der Waals surface area contributed by atoms with E-state index < -0.39 is 0 Å². The molecule has 2 rings (SSSR count). The predicted octanol–water partition coefficient (Wildman–Crippen LogP) is 4.11. The fraction of sp³-hybridized carbons (Fsp3) is 0.0769. The van der Waals surface area contributed by atoms with Crippen LogP contribution in [0.2, 0.25) is 5.02 Å². The highest BCUT2D eigenvalue weighted by molar-refractivity contribution is 6.34. The van der Waals surface area contributed by atoms with Gasteiger partial charge in [-0.15, -0.1) is 0 Å². The molecule has 0 unspecified atom stereocenters. The van der Waals surface area contributed by atoms with E-state index in [1.807, 2.05) is 13.0 Å². The van der Waals surface area contributed by atoms with Crippen molar-refractivity contribution in [2.75, 3.05) is 11.1 Å². The average Bonchev–Trinajstić information content (AvgIpc) is 2.27. The number of halogens is 2. The molecule has 0 fully saturated rings. The van der Waals surface area contributed by atoms with Gasteiger partial charge in [0.25, 0.3) is 0 Å². The molecule has 2 nitrogen and oxygen atoms in total. The molecule has 0 aliphatic heterocycles. The van der Waals surface area contributed by atoms with Gasteiger partial charge in [-0.1, -0.05) is 29.8 Å². The van der Waals surface area contributed by atoms with E-state index >= 15 is 0 Å². The first kappa shape index (κ1) is 11.7. The molecule has 0 heterocycles. The summed E-state index contributed by atoms with van der Waals surface area (Å²) in [7, 11) is 0. The van der Waals surface area contributed by atoms with Crippen molar-refractivity contribution in [1.82, 2.24) is 0 Å². The van der Waals surface area contributed by atoms with Gasteiger partial charge in [0.2, 0.25) is 0 Å². The minimum absolute atomic E-state index is 0.329. The maximum atomic E-state index is 13.7. The van der Waals surface area contributed by atoms with E-state index in [1.165, 1.54) is 6.07 Å². The van der Waals surface area contributed by atoms with E-state index in [1.54, 1.807) is 24.3 Å². The molecule has 2 aromatic rings. The number of nitrogens with two attached hydrogens (primary N) is 1. The van der Waals surface area contributed by atoms with E-state index in [2.05, 4.69) is 5.32 Å². The van der Waals surface area contributed by atoms with E-state index in [0.717, 1.165) is 5.56 Å². The van der Waals surface area contributed by atoms with Crippen LogP contribution in [0.5, 0.6) is 0 Å². The Morgan fingerprint density at radius 2 is 1.82 bits per heavy atom. The first-order chi connectivity index (χ1) is 8.09. The molecule has 0 aromatic heterocycles. The molecule has 4 heteroatoms. The second-order valence-electron chi connectivity index (χ2n) is 3.76. The number of anilines is 3. The maximum Gasteiger partial charge on any atom is 0.146 e. The first-order valence-corrected chi connectivity index (χ1v) is 5.53. The Morgan fingerprint density at radius 3 is 2.47 bits per heavy atom. The van der Waals surface area contributed by atoms with Crippen molar-refractivity contribution in [2.24, 2.45) is 0 Å². The second-order valence-corrected chi connectivity index (χ2v) is 4.17. The molecule has 0 amide bonds. The van der Waals surface area contributed by atoms with Crippen molar-refractivity contribution in [3.63, 3.8) is 0 Å². The van der Waals surface area contributed by atoms with Crippen LogP contribution in [0, 0.1) is 12.7 Å². The second kappa shape index (κ2) is 4.63. The third kappa shape index (κ3) is 2.34. The van der Waals surface area contributed by atoms with Gasteiger partial charge < -0.3 is 11.1 Å². The monoisotopic (exact) mass is 250 g/mol. The number of nitrogen functional groups attached to an aromatic ring is 1. The minimum atomic E-state index is -0.329. The van der Waals surface area contributed by atoms with Gasteiger partial charge in [-0.25, -0.2) is 4.39 Å². The molecule has 0 aliphatic carbocycles. The van der Waals surface area contributed by atoms with Crippen LogP contribution in [-0.4, -0.2) is 0 Å². The molecule has 0 radical (unpaired) electrons. The summed E-state index contributed by atoms with van der Waals surface area (Å²) in [6.45, 7) is 1.82. The molecule has 0 saturated carbocycles. The SMILES string of the molecule is Cc1cccc(F)c1Nc1c(N)cccc1Cl. The van der Waals surface area contributed by atoms with Gasteiger partial charge >= 0.3 is 0 Å². The lowest BCUT2D eigenvalue weighted by Gasteiger charge is -2.13. The van der Waals surface area contributed by atoms with Crippen LogP contribution >= 0.6 is 11.6 Å². The van der Waals surface area contributed by atoms with Crippen molar-refractivity contribution in [3.8, 4) is 0 Å². The summed E-state index contributed by atoms with van der Waals surface area (Å²) in [6, 6.07) is 10.0. The number of aryl methyl sites for hydroxylation is 1. The lowest BCUT2D eigenvalue weighted by atomic mass is 10.1. The van der Waals surface area contributed by atoms with Gasteiger partial charge in [-0.05, 0) is 30.7 Å². The Hall–Kier alpha value is -1.74. The Kier molecular flexibility index (Phi) is 3.20. The van der Waals surface area contributed by atoms with Crippen LogP contribution in [0.15, 0.2) is 36.4 Å². The Bertz CT molecular complexity index is 465. The van der Waals surface area contributed by atoms with Crippen LogP contribution in [0.3, 0.4) is 0 Å². The predicted molar refractivity (Wildman–Crippen MR) is 70.3 cm³/mol. The highest BCUT2D eigenvalue weighted by Crippen LogP contribution is 2.32. The standard InChI is InChI=1S/C13H12ClFN2/c1-8-4-2-6-10(15)12(8)17-13-9(14)5-3-7-11(13)16/h2-7,17H,16H2,1H3. The Labute approximate surface area is 104 Å². The molecule has 0 bridgehead atoms. The van der Waals surface area contributed by atoms with Crippen LogP contribution in [0.25, 0.3) is 0 Å². The quantitative estimate of drug-likeness (QED) is 0.787. The smallest absolute Gasteiger partial charge is 0.146 e. The van der Waals surface area contributed by atoms with E-state index in [0.29, 0.717) is 22.1 Å². The van der Waals surface area contributed by atoms with Crippen molar-refractivity contribution < 1.29 is 4.39 Å². The van der Waals surface area contributed by atoms with Crippen molar-refractivity contribution in [1.29, 1.82) is 0 Å². The lowest BCUT2D eigenvalue weighted by Crippen LogP contribution is -2.00. The number of hydrogen-bond donors (Lipinski definition) is 2. The zero-order valence-corrected chi connectivity index (χ0v) is 10.1.